The number of nitrogens with one attached hydrogen (secondary N) is 16. The van der Waals surface area contributed by atoms with Gasteiger partial charge in [-0.1, -0.05) is 298 Å². The summed E-state index contributed by atoms with van der Waals surface area (Å²) in [6, 6.07) is 0. The van der Waals surface area contributed by atoms with Crippen LogP contribution in [0.5, 0.6) is 0 Å². The molecule has 0 aliphatic carbocycles. The Labute approximate surface area is 558 Å². The summed E-state index contributed by atoms with van der Waals surface area (Å²) in [7, 11) is 0. The minimum absolute atomic E-state index is 0. The topological polar surface area (TPSA) is 217 Å². The zero-order valence-corrected chi connectivity index (χ0v) is 54.5. The van der Waals surface area contributed by atoms with Crippen LogP contribution < -0.4 is 85.7 Å². The molecule has 0 aromatic heterocycles. The molecule has 0 radical (unpaired) electrons. The summed E-state index contributed by atoms with van der Waals surface area (Å²) < 4.78 is 0. The fourth-order valence-corrected chi connectivity index (χ4v) is 3.30. The molecule has 0 atom stereocenters. The number of rotatable bonds is 0. The number of hydrazine groups is 3. The summed E-state index contributed by atoms with van der Waals surface area (Å²) in [5.41, 5.74) is 17.3. The first-order valence-corrected chi connectivity index (χ1v) is 27.2. The van der Waals surface area contributed by atoms with Crippen molar-refractivity contribution in [2.24, 2.45) is 51.4 Å². The largest absolute Gasteiger partial charge is 0.349 e. The molecule has 3 fully saturated rings. The summed E-state index contributed by atoms with van der Waals surface area (Å²) in [5, 5.41) is 31.4. The Morgan fingerprint density at radius 3 is 0.775 bits per heavy atom. The van der Waals surface area contributed by atoms with Crippen LogP contribution in [0, 0.1) is 41.4 Å². The Balaban J connectivity index is -0.0000000462. The highest BCUT2D eigenvalue weighted by Crippen LogP contribution is 2.09. The zero-order valence-electron chi connectivity index (χ0n) is 54.5. The molecule has 0 amide bonds. The van der Waals surface area contributed by atoms with Crippen molar-refractivity contribution in [3.05, 3.63) is 185 Å². The van der Waals surface area contributed by atoms with E-state index in [9.17, 15) is 0 Å². The van der Waals surface area contributed by atoms with Gasteiger partial charge in [0.1, 0.15) is 41.3 Å². The molecule has 7 aliphatic rings. The van der Waals surface area contributed by atoms with Crippen molar-refractivity contribution in [2.45, 2.75) is 219 Å². The molecule has 0 bridgehead atoms. The average molecular weight is 1260 g/mol. The van der Waals surface area contributed by atoms with Gasteiger partial charge in [0.05, 0.1) is 30.3 Å². The summed E-state index contributed by atoms with van der Waals surface area (Å²) >= 11 is 0. The van der Waals surface area contributed by atoms with E-state index in [4.69, 9.17) is 0 Å². The van der Waals surface area contributed by atoms with Crippen LogP contribution in [-0.4, -0.2) is 19.2 Å². The molecule has 18 nitrogen and oxygen atoms in total. The molecular weight excluding hydrogens is 1100 g/mol. The molecule has 0 saturated carbocycles. The Bertz CT molecular complexity index is 1660. The fourth-order valence-electron chi connectivity index (χ4n) is 3.30. The Morgan fingerprint density at radius 2 is 0.618 bits per heavy atom. The summed E-state index contributed by atoms with van der Waals surface area (Å²) in [4.78, 5) is 7.47. The van der Waals surface area contributed by atoms with Gasteiger partial charge in [0.2, 0.25) is 0 Å². The van der Waals surface area contributed by atoms with Crippen molar-refractivity contribution in [1.82, 2.24) is 85.7 Å². The van der Waals surface area contributed by atoms with Crippen LogP contribution in [0.2, 0.25) is 0 Å². The second-order valence-corrected chi connectivity index (χ2v) is 22.4. The first kappa shape index (κ1) is 123. The van der Waals surface area contributed by atoms with Gasteiger partial charge in [0, 0.05) is 47.8 Å². The number of aliphatic imine (C=N–C) groups is 2. The van der Waals surface area contributed by atoms with E-state index in [0.29, 0.717) is 34.9 Å². The van der Waals surface area contributed by atoms with Gasteiger partial charge in [0.15, 0.2) is 0 Å². The first-order chi connectivity index (χ1) is 36.7. The van der Waals surface area contributed by atoms with E-state index in [0.717, 1.165) is 94.6 Å². The van der Waals surface area contributed by atoms with Gasteiger partial charge in [-0.3, -0.25) is 10.9 Å². The molecule has 532 valence electrons. The smallest absolute Gasteiger partial charge is 0.138 e. The Kier molecular flexibility index (Phi) is 114. The summed E-state index contributed by atoms with van der Waals surface area (Å²) in [5.74, 6) is 12.3. The maximum absolute atomic E-state index is 3.78. The lowest BCUT2D eigenvalue weighted by Crippen LogP contribution is -2.40. The van der Waals surface area contributed by atoms with Crippen molar-refractivity contribution in [3.8, 4) is 0 Å². The molecule has 16 N–H and O–H groups in total. The molecule has 0 spiro atoms. The minimum Gasteiger partial charge on any atom is -0.349 e. The van der Waals surface area contributed by atoms with E-state index in [1.54, 1.807) is 31.3 Å². The van der Waals surface area contributed by atoms with E-state index in [-0.39, 0.29) is 66.8 Å². The molecule has 89 heavy (non-hydrogen) atoms. The highest BCUT2D eigenvalue weighted by molar-refractivity contribution is 5.60. The lowest BCUT2D eigenvalue weighted by molar-refractivity contribution is 0.602. The number of allylic oxidation sites excluding steroid dienone is 1. The highest BCUT2D eigenvalue weighted by atomic mass is 15.6. The normalized spacial score (nSPS) is 13.4. The van der Waals surface area contributed by atoms with Gasteiger partial charge in [-0.05, 0) is 47.5 Å². The molecule has 0 aromatic rings. The van der Waals surface area contributed by atoms with Crippen LogP contribution in [0.1, 0.15) is 219 Å². The molecule has 7 rings (SSSR count). The summed E-state index contributed by atoms with van der Waals surface area (Å²) in [6.45, 7) is 93.5. The van der Waals surface area contributed by atoms with Crippen LogP contribution in [0.15, 0.2) is 195 Å². The van der Waals surface area contributed by atoms with Crippen molar-refractivity contribution in [1.29, 1.82) is 0 Å². The Morgan fingerprint density at radius 1 is 0.315 bits per heavy atom. The maximum atomic E-state index is 3.78. The quantitative estimate of drug-likeness (QED) is 0.109. The molecular formula is C71H158N18. The van der Waals surface area contributed by atoms with Gasteiger partial charge in [-0.25, -0.2) is 15.4 Å². The van der Waals surface area contributed by atoms with Crippen LogP contribution in [-0.2, 0) is 0 Å². The minimum atomic E-state index is 0. The lowest BCUT2D eigenvalue weighted by atomic mass is 10.2. The van der Waals surface area contributed by atoms with Crippen molar-refractivity contribution < 1.29 is 0 Å². The molecule has 7 heterocycles. The molecule has 0 aromatic carbocycles. The van der Waals surface area contributed by atoms with Gasteiger partial charge in [-0.2, -0.15) is 5.53 Å². The zero-order chi connectivity index (χ0) is 63.9. The monoisotopic (exact) mass is 1260 g/mol. The van der Waals surface area contributed by atoms with Gasteiger partial charge in [-0.15, -0.1) is 0 Å². The third-order valence-electron chi connectivity index (χ3n) is 5.32. The molecule has 3 saturated heterocycles. The van der Waals surface area contributed by atoms with Crippen LogP contribution in [0.25, 0.3) is 0 Å². The molecule has 0 unspecified atom stereocenters. The van der Waals surface area contributed by atoms with E-state index in [2.05, 4.69) is 327 Å². The molecule has 7 aliphatic heterocycles. The fraction of sp³-hybridized carbons (Fsp3) is 0.549. The van der Waals surface area contributed by atoms with E-state index < -0.39 is 0 Å². The second-order valence-electron chi connectivity index (χ2n) is 22.4. The number of nitrogens with zero attached hydrogens (tertiary/aromatic N) is 2. The van der Waals surface area contributed by atoms with E-state index in [1.807, 2.05) is 6.08 Å². The van der Waals surface area contributed by atoms with Crippen LogP contribution in [0.3, 0.4) is 0 Å². The van der Waals surface area contributed by atoms with Crippen LogP contribution >= 0.6 is 0 Å². The van der Waals surface area contributed by atoms with E-state index in [1.165, 1.54) is 0 Å². The number of hydrogen-bond acceptors (Lipinski definition) is 18. The van der Waals surface area contributed by atoms with Gasteiger partial charge >= 0.3 is 0 Å². The maximum Gasteiger partial charge on any atom is 0.138 e. The van der Waals surface area contributed by atoms with Crippen molar-refractivity contribution in [3.63, 3.8) is 0 Å². The first-order valence-electron chi connectivity index (χ1n) is 27.2. The lowest BCUT2D eigenvalue weighted by Gasteiger charge is -2.23. The van der Waals surface area contributed by atoms with Crippen molar-refractivity contribution >= 4 is 12.7 Å². The standard InChI is InChI=1S/C7H10N2.C6H9N3.C6H8N2.C5H7N3.C4H6N2.7C4H10.C3H5N3.C3H7N3.9CH4/c1-5-4-6(2)9-7(3)8-5;1-4-7-5(2)9-6(3)8-4;1-5-3-4-7-6(2)8-5;1-4-6-3-7-5(2)8-4;1-4-5-2-3-6-4;7*1-4(2)3;1-3-4-2-5-6-3;1-3-2-4-6-5-3;;;;;;;;;/h8-9H,1-4H2;7-9H,1-3H2;3-4,7-8H,1-2H2;3,8H,1-2H2,(H,6,7);2-3,5-6H,1H2;7*4H,1-3H3;2,6H,1H2,(H,4,5);4-6H,1-2H2;9*1H4. The van der Waals surface area contributed by atoms with E-state index >= 15 is 0 Å². The third kappa shape index (κ3) is 150. The van der Waals surface area contributed by atoms with Gasteiger partial charge < -0.3 is 63.9 Å². The predicted molar refractivity (Wildman–Crippen MR) is 418 cm³/mol. The highest BCUT2D eigenvalue weighted by Gasteiger charge is 2.06. The van der Waals surface area contributed by atoms with Crippen molar-refractivity contribution in [2.75, 3.05) is 6.54 Å². The second kappa shape index (κ2) is 82.6. The Hall–Kier alpha value is -7.44. The average Bonchev–Trinajstić information content (AvgIpc) is 4.05. The van der Waals surface area contributed by atoms with Gasteiger partial charge in [0.25, 0.3) is 0 Å². The predicted octanol–water partition coefficient (Wildman–Crippen LogP) is 18.3. The SMILES string of the molecule is C.C.C.C.C.C.C.C.C.C=C1C=CNC(=C)N1.C=C1CC(=C)NC(=C)N1.C=C1CNNN1.C=C1N=CNC(=C)N1.C=C1N=CNN1.C=C1NC(=C)NC(=C)N1.C=C1NC=CN1.CC(C)C.CC(C)C.CC(C)C.CC(C)C.CC(C)C.CC(C)C.CC(C)C. The summed E-state index contributed by atoms with van der Waals surface area (Å²) in [6.07, 6.45) is 11.1. The molecule has 18 heteroatoms. The van der Waals surface area contributed by atoms with Crippen LogP contribution in [0.4, 0.5) is 0 Å². The number of hydrogen-bond donors (Lipinski definition) is 16. The third-order valence-corrected chi connectivity index (χ3v) is 5.32.